The molecule has 0 amide bonds. The third kappa shape index (κ3) is 11.3. The Balaban J connectivity index is 0.000000275. The van der Waals surface area contributed by atoms with E-state index in [2.05, 4.69) is 72.7 Å². The number of benzene rings is 2. The van der Waals surface area contributed by atoms with E-state index in [-0.39, 0.29) is 6.61 Å². The van der Waals surface area contributed by atoms with Gasteiger partial charge in [-0.2, -0.15) is 0 Å². The number of hydrogen-bond acceptors (Lipinski definition) is 3. The highest BCUT2D eigenvalue weighted by Gasteiger charge is 2.37. The number of ether oxygens (including phenoxy) is 1. The SMILES string of the molecule is CCC.CCC(C)CC1(CC)COC1.CCC1(CO)CCC1.Cc1ccc(-c2ccc(CO)cc2)cc1. The van der Waals surface area contributed by atoms with Crippen LogP contribution in [0.2, 0.25) is 0 Å². The second-order valence-corrected chi connectivity index (χ2v) is 11.4. The molecule has 1 saturated heterocycles. The van der Waals surface area contributed by atoms with Gasteiger partial charge in [-0.3, -0.25) is 0 Å². The summed E-state index contributed by atoms with van der Waals surface area (Å²) in [5, 5.41) is 17.8. The van der Waals surface area contributed by atoms with Crippen molar-refractivity contribution in [3.8, 4) is 11.1 Å². The summed E-state index contributed by atoms with van der Waals surface area (Å²) in [5.41, 5.74) is 5.55. The Morgan fingerprint density at radius 3 is 1.54 bits per heavy atom. The fourth-order valence-electron chi connectivity index (χ4n) is 4.59. The van der Waals surface area contributed by atoms with Gasteiger partial charge in [-0.1, -0.05) is 115 Å². The Morgan fingerprint density at radius 1 is 0.784 bits per heavy atom. The van der Waals surface area contributed by atoms with Gasteiger partial charge in [0.25, 0.3) is 0 Å². The Morgan fingerprint density at radius 2 is 1.27 bits per heavy atom. The number of aliphatic hydroxyl groups is 2. The Hall–Kier alpha value is -1.68. The van der Waals surface area contributed by atoms with Crippen LogP contribution in [0.15, 0.2) is 48.5 Å². The van der Waals surface area contributed by atoms with Crippen molar-refractivity contribution in [2.45, 2.75) is 106 Å². The molecule has 0 bridgehead atoms. The van der Waals surface area contributed by atoms with Crippen LogP contribution in [-0.4, -0.2) is 30.0 Å². The van der Waals surface area contributed by atoms with Gasteiger partial charge < -0.3 is 14.9 Å². The van der Waals surface area contributed by atoms with Crippen molar-refractivity contribution in [2.75, 3.05) is 19.8 Å². The monoisotopic (exact) mass is 512 g/mol. The van der Waals surface area contributed by atoms with Crippen LogP contribution < -0.4 is 0 Å². The quantitative estimate of drug-likeness (QED) is 0.371. The van der Waals surface area contributed by atoms with E-state index >= 15 is 0 Å². The van der Waals surface area contributed by atoms with E-state index in [1.807, 2.05) is 24.3 Å². The summed E-state index contributed by atoms with van der Waals surface area (Å²) in [4.78, 5) is 0. The van der Waals surface area contributed by atoms with E-state index in [1.54, 1.807) is 0 Å². The highest BCUT2D eigenvalue weighted by molar-refractivity contribution is 5.63. The predicted octanol–water partition coefficient (Wildman–Crippen LogP) is 8.98. The molecule has 1 aliphatic heterocycles. The highest BCUT2D eigenvalue weighted by atomic mass is 16.5. The summed E-state index contributed by atoms with van der Waals surface area (Å²) in [6.07, 6.45) is 10.2. The minimum atomic E-state index is 0.105. The third-order valence-corrected chi connectivity index (χ3v) is 8.07. The molecule has 1 saturated carbocycles. The van der Waals surface area contributed by atoms with Crippen LogP contribution in [0.4, 0.5) is 0 Å². The van der Waals surface area contributed by atoms with Gasteiger partial charge in [0.15, 0.2) is 0 Å². The van der Waals surface area contributed by atoms with E-state index < -0.39 is 0 Å². The minimum absolute atomic E-state index is 0.105. The van der Waals surface area contributed by atoms with Crippen molar-refractivity contribution in [1.29, 1.82) is 0 Å². The Bertz CT molecular complexity index is 798. The second-order valence-electron chi connectivity index (χ2n) is 11.4. The number of rotatable bonds is 8. The molecule has 3 heteroatoms. The average Bonchev–Trinajstić information content (AvgIpc) is 2.88. The van der Waals surface area contributed by atoms with Gasteiger partial charge in [0.2, 0.25) is 0 Å². The van der Waals surface area contributed by atoms with E-state index in [4.69, 9.17) is 14.9 Å². The molecule has 37 heavy (non-hydrogen) atoms. The highest BCUT2D eigenvalue weighted by Crippen LogP contribution is 2.42. The maximum absolute atomic E-state index is 8.94. The molecular weight excluding hydrogens is 456 g/mol. The van der Waals surface area contributed by atoms with Gasteiger partial charge in [-0.25, -0.2) is 0 Å². The standard InChI is InChI=1S/C14H14O.C10H20O.C7H14O.C3H8/c1-11-2-6-13(7-3-11)14-8-4-12(10-15)5-9-14;1-4-9(3)6-10(5-2)7-11-8-10;1-2-7(6-8)4-3-5-7;1-3-2/h2-9,15H,10H2,1H3;9H,4-8H2,1-3H3;8H,2-6H2,1H3;3H2,1-2H3. The summed E-state index contributed by atoms with van der Waals surface area (Å²) < 4.78 is 5.27. The topological polar surface area (TPSA) is 49.7 Å². The van der Waals surface area contributed by atoms with E-state index in [0.717, 1.165) is 31.1 Å². The summed E-state index contributed by atoms with van der Waals surface area (Å²) in [6, 6.07) is 16.4. The number of aliphatic hydroxyl groups excluding tert-OH is 2. The molecule has 1 atom stereocenters. The van der Waals surface area contributed by atoms with Crippen LogP contribution in [0.5, 0.6) is 0 Å². The summed E-state index contributed by atoms with van der Waals surface area (Å²) >= 11 is 0. The van der Waals surface area contributed by atoms with Crippen LogP contribution in [0.3, 0.4) is 0 Å². The molecule has 0 radical (unpaired) electrons. The van der Waals surface area contributed by atoms with E-state index in [9.17, 15) is 0 Å². The predicted molar refractivity (Wildman–Crippen MR) is 160 cm³/mol. The van der Waals surface area contributed by atoms with Crippen molar-refractivity contribution < 1.29 is 14.9 Å². The molecule has 1 heterocycles. The Labute approximate surface area is 228 Å². The van der Waals surface area contributed by atoms with Crippen molar-refractivity contribution in [3.05, 3.63) is 59.7 Å². The maximum Gasteiger partial charge on any atom is 0.0681 e. The normalized spacial score (nSPS) is 17.2. The van der Waals surface area contributed by atoms with Crippen LogP contribution in [0, 0.1) is 23.7 Å². The van der Waals surface area contributed by atoms with Gasteiger partial charge in [-0.05, 0) is 67.1 Å². The number of hydrogen-bond donors (Lipinski definition) is 2. The molecule has 2 aromatic carbocycles. The lowest BCUT2D eigenvalue weighted by Gasteiger charge is -2.42. The molecule has 210 valence electrons. The molecule has 4 rings (SSSR count). The van der Waals surface area contributed by atoms with Gasteiger partial charge in [0.05, 0.1) is 19.8 Å². The molecule has 2 aromatic rings. The lowest BCUT2D eigenvalue weighted by Crippen LogP contribution is -2.43. The smallest absolute Gasteiger partial charge is 0.0681 e. The fourth-order valence-corrected chi connectivity index (χ4v) is 4.59. The van der Waals surface area contributed by atoms with Crippen LogP contribution in [0.25, 0.3) is 11.1 Å². The second kappa shape index (κ2) is 17.8. The lowest BCUT2D eigenvalue weighted by molar-refractivity contribution is -0.125. The zero-order chi connectivity index (χ0) is 27.7. The van der Waals surface area contributed by atoms with Crippen molar-refractivity contribution in [3.63, 3.8) is 0 Å². The summed E-state index contributed by atoms with van der Waals surface area (Å²) in [7, 11) is 0. The first-order chi connectivity index (χ1) is 17.8. The van der Waals surface area contributed by atoms with Crippen molar-refractivity contribution in [2.24, 2.45) is 16.7 Å². The van der Waals surface area contributed by atoms with Gasteiger partial charge in [0.1, 0.15) is 0 Å². The molecular formula is C34H56O3. The summed E-state index contributed by atoms with van der Waals surface area (Å²) in [5.74, 6) is 0.874. The first-order valence-electron chi connectivity index (χ1n) is 14.7. The molecule has 2 N–H and O–H groups in total. The van der Waals surface area contributed by atoms with E-state index in [0.29, 0.717) is 17.4 Å². The zero-order valence-corrected chi connectivity index (χ0v) is 25.0. The molecule has 2 fully saturated rings. The van der Waals surface area contributed by atoms with Gasteiger partial charge in [-0.15, -0.1) is 0 Å². The lowest BCUT2D eigenvalue weighted by atomic mass is 9.68. The van der Waals surface area contributed by atoms with Crippen LogP contribution in [-0.2, 0) is 11.3 Å². The number of aryl methyl sites for hydroxylation is 1. The van der Waals surface area contributed by atoms with Crippen molar-refractivity contribution >= 4 is 0 Å². The maximum atomic E-state index is 8.94. The van der Waals surface area contributed by atoms with Crippen molar-refractivity contribution in [1.82, 2.24) is 0 Å². The molecule has 3 nitrogen and oxygen atoms in total. The average molecular weight is 513 g/mol. The molecule has 0 aromatic heterocycles. The molecule has 0 spiro atoms. The molecule has 2 aliphatic rings. The van der Waals surface area contributed by atoms with Gasteiger partial charge in [0, 0.05) is 12.0 Å². The van der Waals surface area contributed by atoms with Crippen LogP contribution >= 0.6 is 0 Å². The Kier molecular flexibility index (Phi) is 16.0. The minimum Gasteiger partial charge on any atom is -0.396 e. The fraction of sp³-hybridized carbons (Fsp3) is 0.647. The molecule has 1 aliphatic carbocycles. The third-order valence-electron chi connectivity index (χ3n) is 8.07. The molecule has 1 unspecified atom stereocenters. The van der Waals surface area contributed by atoms with Gasteiger partial charge >= 0.3 is 0 Å². The largest absolute Gasteiger partial charge is 0.396 e. The van der Waals surface area contributed by atoms with Crippen LogP contribution in [0.1, 0.15) is 104 Å². The first-order valence-corrected chi connectivity index (χ1v) is 14.7. The summed E-state index contributed by atoms with van der Waals surface area (Å²) in [6.45, 7) is 17.9. The zero-order valence-electron chi connectivity index (χ0n) is 25.0. The van der Waals surface area contributed by atoms with E-state index in [1.165, 1.54) is 61.6 Å². The first kappa shape index (κ1) is 33.3.